The molecule has 138 valence electrons. The number of halogens is 2. The summed E-state index contributed by atoms with van der Waals surface area (Å²) >= 11 is 6.79. The van der Waals surface area contributed by atoms with Crippen molar-refractivity contribution < 1.29 is 18.5 Å². The van der Waals surface area contributed by atoms with Crippen LogP contribution in [0.25, 0.3) is 11.5 Å². The second-order valence-electron chi connectivity index (χ2n) is 5.11. The van der Waals surface area contributed by atoms with Gasteiger partial charge in [0.25, 0.3) is 16.8 Å². The van der Waals surface area contributed by atoms with Crippen LogP contribution >= 0.6 is 23.4 Å². The summed E-state index contributed by atoms with van der Waals surface area (Å²) in [5.41, 5.74) is 0.292. The molecule has 1 N–H and O–H groups in total. The van der Waals surface area contributed by atoms with E-state index in [4.69, 9.17) is 16.0 Å². The lowest BCUT2D eigenvalue weighted by Gasteiger charge is -2.06. The number of hydrogen-bond donors (Lipinski definition) is 1. The molecule has 0 spiro atoms. The zero-order valence-electron chi connectivity index (χ0n) is 13.4. The number of nitro benzene ring substituents is 1. The van der Waals surface area contributed by atoms with E-state index in [1.165, 1.54) is 30.3 Å². The van der Waals surface area contributed by atoms with Gasteiger partial charge >= 0.3 is 0 Å². The van der Waals surface area contributed by atoms with Gasteiger partial charge in [0.2, 0.25) is 5.91 Å². The summed E-state index contributed by atoms with van der Waals surface area (Å²) in [4.78, 5) is 22.5. The molecule has 1 aromatic heterocycles. The highest BCUT2D eigenvalue weighted by Crippen LogP contribution is 2.30. The van der Waals surface area contributed by atoms with Gasteiger partial charge in [0.05, 0.1) is 21.4 Å². The Labute approximate surface area is 160 Å². The number of benzene rings is 2. The van der Waals surface area contributed by atoms with Crippen molar-refractivity contribution >= 4 is 40.6 Å². The number of hydrogen-bond acceptors (Lipinski definition) is 7. The Morgan fingerprint density at radius 3 is 2.81 bits per heavy atom. The Bertz CT molecular complexity index is 1010. The molecule has 8 nitrogen and oxygen atoms in total. The molecule has 0 unspecified atom stereocenters. The van der Waals surface area contributed by atoms with Gasteiger partial charge in [0.1, 0.15) is 11.4 Å². The smallest absolute Gasteiger partial charge is 0.282 e. The maximum absolute atomic E-state index is 13.0. The first-order chi connectivity index (χ1) is 12.9. The summed E-state index contributed by atoms with van der Waals surface area (Å²) in [6.45, 7) is 0. The fourth-order valence-corrected chi connectivity index (χ4v) is 2.87. The number of nitro groups is 1. The van der Waals surface area contributed by atoms with E-state index in [1.807, 2.05) is 0 Å². The second kappa shape index (κ2) is 8.14. The van der Waals surface area contributed by atoms with E-state index in [1.54, 1.807) is 6.07 Å². The number of aromatic nitrogens is 2. The molecule has 0 saturated carbocycles. The van der Waals surface area contributed by atoms with Crippen molar-refractivity contribution in [1.29, 1.82) is 0 Å². The number of rotatable bonds is 6. The van der Waals surface area contributed by atoms with E-state index in [0.29, 0.717) is 0 Å². The molecule has 0 aliphatic rings. The summed E-state index contributed by atoms with van der Waals surface area (Å²) in [7, 11) is 0. The standard InChI is InChI=1S/C16H10ClFN4O4S/c17-11-7-9(18)5-6-12(11)19-14(23)8-27-16-21-20-15(26-16)10-3-1-2-4-13(10)22(24)25/h1-7H,8H2,(H,19,23). The molecule has 3 rings (SSSR count). The highest BCUT2D eigenvalue weighted by Gasteiger charge is 2.20. The molecule has 0 aliphatic carbocycles. The zero-order chi connectivity index (χ0) is 19.4. The first-order valence-corrected chi connectivity index (χ1v) is 8.75. The van der Waals surface area contributed by atoms with Crippen LogP contribution in [0.15, 0.2) is 52.1 Å². The Morgan fingerprint density at radius 2 is 2.07 bits per heavy atom. The molecule has 1 amide bonds. The number of para-hydroxylation sites is 1. The van der Waals surface area contributed by atoms with Crippen LogP contribution in [-0.4, -0.2) is 26.8 Å². The first-order valence-electron chi connectivity index (χ1n) is 7.39. The van der Waals surface area contributed by atoms with Crippen molar-refractivity contribution in [3.63, 3.8) is 0 Å². The zero-order valence-corrected chi connectivity index (χ0v) is 15.0. The molecular formula is C16H10ClFN4O4S. The van der Waals surface area contributed by atoms with E-state index in [0.717, 1.165) is 17.8 Å². The fourth-order valence-electron chi connectivity index (χ4n) is 2.10. The molecular weight excluding hydrogens is 399 g/mol. The molecule has 0 bridgehead atoms. The summed E-state index contributed by atoms with van der Waals surface area (Å²) in [6, 6.07) is 9.56. The maximum Gasteiger partial charge on any atom is 0.282 e. The Kier molecular flexibility index (Phi) is 5.67. The van der Waals surface area contributed by atoms with Crippen molar-refractivity contribution in [1.82, 2.24) is 10.2 Å². The van der Waals surface area contributed by atoms with Crippen LogP contribution in [0, 0.1) is 15.9 Å². The third kappa shape index (κ3) is 4.60. The minimum atomic E-state index is -0.549. The number of carbonyl (C=O) groups is 1. The Morgan fingerprint density at radius 1 is 1.30 bits per heavy atom. The third-order valence-electron chi connectivity index (χ3n) is 3.27. The predicted molar refractivity (Wildman–Crippen MR) is 97.2 cm³/mol. The maximum atomic E-state index is 13.0. The number of nitrogens with one attached hydrogen (secondary N) is 1. The third-order valence-corrected chi connectivity index (χ3v) is 4.40. The van der Waals surface area contributed by atoms with Gasteiger partial charge < -0.3 is 9.73 Å². The van der Waals surface area contributed by atoms with Crippen molar-refractivity contribution in [2.75, 3.05) is 11.1 Å². The highest BCUT2D eigenvalue weighted by atomic mass is 35.5. The molecule has 3 aromatic rings. The number of carbonyl (C=O) groups excluding carboxylic acids is 1. The van der Waals surface area contributed by atoms with Crippen molar-refractivity contribution in [3.05, 3.63) is 63.4 Å². The van der Waals surface area contributed by atoms with Gasteiger partial charge in [-0.2, -0.15) is 0 Å². The average Bonchev–Trinajstić information content (AvgIpc) is 3.11. The lowest BCUT2D eigenvalue weighted by Crippen LogP contribution is -2.14. The van der Waals surface area contributed by atoms with Gasteiger partial charge in [-0.05, 0) is 24.3 Å². The molecule has 11 heteroatoms. The molecule has 0 radical (unpaired) electrons. The van der Waals surface area contributed by atoms with Crippen LogP contribution in [0.3, 0.4) is 0 Å². The van der Waals surface area contributed by atoms with Crippen LogP contribution in [0.2, 0.25) is 5.02 Å². The Balaban J connectivity index is 1.65. The summed E-state index contributed by atoms with van der Waals surface area (Å²) < 4.78 is 18.4. The van der Waals surface area contributed by atoms with E-state index >= 15 is 0 Å². The molecule has 27 heavy (non-hydrogen) atoms. The monoisotopic (exact) mass is 408 g/mol. The normalized spacial score (nSPS) is 10.6. The highest BCUT2D eigenvalue weighted by molar-refractivity contribution is 7.99. The first kappa shape index (κ1) is 18.8. The second-order valence-corrected chi connectivity index (χ2v) is 6.44. The van der Waals surface area contributed by atoms with E-state index in [-0.39, 0.29) is 38.8 Å². The van der Waals surface area contributed by atoms with E-state index < -0.39 is 16.6 Å². The Hall–Kier alpha value is -2.98. The molecule has 2 aromatic carbocycles. The minimum Gasteiger partial charge on any atom is -0.411 e. The molecule has 0 aliphatic heterocycles. The van der Waals surface area contributed by atoms with Crippen LogP contribution in [-0.2, 0) is 4.79 Å². The lowest BCUT2D eigenvalue weighted by molar-refractivity contribution is -0.384. The number of nitrogens with zero attached hydrogens (tertiary/aromatic N) is 3. The van der Waals surface area contributed by atoms with Crippen molar-refractivity contribution in [3.8, 4) is 11.5 Å². The van der Waals surface area contributed by atoms with Crippen LogP contribution in [0.1, 0.15) is 0 Å². The van der Waals surface area contributed by atoms with Gasteiger partial charge in [-0.1, -0.05) is 35.5 Å². The predicted octanol–water partition coefficient (Wildman–Crippen LogP) is 4.17. The number of amides is 1. The van der Waals surface area contributed by atoms with Crippen LogP contribution in [0.4, 0.5) is 15.8 Å². The van der Waals surface area contributed by atoms with Crippen molar-refractivity contribution in [2.45, 2.75) is 5.22 Å². The van der Waals surface area contributed by atoms with Gasteiger partial charge in [-0.15, -0.1) is 10.2 Å². The lowest BCUT2D eigenvalue weighted by atomic mass is 10.2. The number of anilines is 1. The quantitative estimate of drug-likeness (QED) is 0.370. The summed E-state index contributed by atoms with van der Waals surface area (Å²) in [5.74, 6) is -1.03. The van der Waals surface area contributed by atoms with Crippen molar-refractivity contribution in [2.24, 2.45) is 0 Å². The summed E-state index contributed by atoms with van der Waals surface area (Å²) in [6.07, 6.45) is 0. The molecule has 0 atom stereocenters. The topological polar surface area (TPSA) is 111 Å². The summed E-state index contributed by atoms with van der Waals surface area (Å²) in [5, 5.41) is 21.3. The fraction of sp³-hybridized carbons (Fsp3) is 0.0625. The number of thioether (sulfide) groups is 1. The van der Waals surface area contributed by atoms with Gasteiger partial charge in [-0.3, -0.25) is 14.9 Å². The average molecular weight is 409 g/mol. The van der Waals surface area contributed by atoms with Gasteiger partial charge in [0.15, 0.2) is 0 Å². The molecule has 1 heterocycles. The largest absolute Gasteiger partial charge is 0.411 e. The molecule has 0 saturated heterocycles. The van der Waals surface area contributed by atoms with Crippen LogP contribution < -0.4 is 5.32 Å². The minimum absolute atomic E-state index is 0.0215. The van der Waals surface area contributed by atoms with E-state index in [2.05, 4.69) is 15.5 Å². The SMILES string of the molecule is O=C(CSc1nnc(-c2ccccc2[N+](=O)[O-])o1)Nc1ccc(F)cc1Cl. The van der Waals surface area contributed by atoms with Gasteiger partial charge in [-0.25, -0.2) is 4.39 Å². The van der Waals surface area contributed by atoms with Crippen LogP contribution in [0.5, 0.6) is 0 Å². The molecule has 0 fully saturated rings. The van der Waals surface area contributed by atoms with E-state index in [9.17, 15) is 19.3 Å². The van der Waals surface area contributed by atoms with Gasteiger partial charge in [0, 0.05) is 6.07 Å².